The minimum Gasteiger partial charge on any atom is -0.475 e. The van der Waals surface area contributed by atoms with E-state index in [1.54, 1.807) is 6.07 Å². The Balaban J connectivity index is 1.93. The number of nitrogens with zero attached hydrogens (tertiary/aromatic N) is 1. The number of carbonyl (C=O) groups is 1. The summed E-state index contributed by atoms with van der Waals surface area (Å²) in [4.78, 5) is 13.1. The number of aromatic carboxylic acids is 1. The van der Waals surface area contributed by atoms with Gasteiger partial charge in [0.25, 0.3) is 0 Å². The van der Waals surface area contributed by atoms with E-state index in [0.717, 1.165) is 31.5 Å². The quantitative estimate of drug-likeness (QED) is 0.807. The Labute approximate surface area is 99.6 Å². The fourth-order valence-electron chi connectivity index (χ4n) is 2.36. The van der Waals surface area contributed by atoms with Gasteiger partial charge in [-0.15, -0.1) is 0 Å². The van der Waals surface area contributed by atoms with Crippen molar-refractivity contribution in [3.63, 3.8) is 0 Å². The summed E-state index contributed by atoms with van der Waals surface area (Å²) in [5.41, 5.74) is 0.724. The van der Waals surface area contributed by atoms with E-state index in [2.05, 4.69) is 4.90 Å². The lowest BCUT2D eigenvalue weighted by Gasteiger charge is -2.14. The molecule has 1 aromatic rings. The summed E-state index contributed by atoms with van der Waals surface area (Å²) in [6.45, 7) is 2.71. The van der Waals surface area contributed by atoms with E-state index in [4.69, 9.17) is 14.6 Å². The van der Waals surface area contributed by atoms with Crippen LogP contribution in [0.2, 0.25) is 0 Å². The van der Waals surface area contributed by atoms with Gasteiger partial charge in [0.15, 0.2) is 0 Å². The van der Waals surface area contributed by atoms with Gasteiger partial charge in [-0.3, -0.25) is 4.90 Å². The molecule has 0 bridgehead atoms. The van der Waals surface area contributed by atoms with E-state index in [9.17, 15) is 4.79 Å². The fourth-order valence-corrected chi connectivity index (χ4v) is 2.36. The number of carboxylic acids is 1. The van der Waals surface area contributed by atoms with E-state index in [0.29, 0.717) is 12.5 Å². The number of rotatable bonds is 5. The van der Waals surface area contributed by atoms with Crippen molar-refractivity contribution in [2.45, 2.75) is 19.4 Å². The summed E-state index contributed by atoms with van der Waals surface area (Å²) in [6.07, 6.45) is 3.31. The second-order valence-corrected chi connectivity index (χ2v) is 4.48. The van der Waals surface area contributed by atoms with Gasteiger partial charge >= 0.3 is 5.97 Å². The van der Waals surface area contributed by atoms with E-state index < -0.39 is 5.97 Å². The van der Waals surface area contributed by atoms with E-state index in [-0.39, 0.29) is 12.4 Å². The van der Waals surface area contributed by atoms with Crippen molar-refractivity contribution in [2.75, 3.05) is 19.7 Å². The topological polar surface area (TPSA) is 73.9 Å². The molecule has 2 heterocycles. The lowest BCUT2D eigenvalue weighted by molar-refractivity contribution is 0.0659. The molecule has 0 saturated carbocycles. The average Bonchev–Trinajstić information content (AvgIpc) is 2.89. The van der Waals surface area contributed by atoms with Crippen molar-refractivity contribution in [1.29, 1.82) is 0 Å². The average molecular weight is 239 g/mol. The molecule has 1 aliphatic heterocycles. The van der Waals surface area contributed by atoms with Crippen LogP contribution in [0, 0.1) is 5.92 Å². The molecule has 0 amide bonds. The first-order valence-electron chi connectivity index (χ1n) is 5.83. The summed E-state index contributed by atoms with van der Waals surface area (Å²) < 4.78 is 4.94. The molecule has 94 valence electrons. The smallest absolute Gasteiger partial charge is 0.372 e. The second kappa shape index (κ2) is 5.33. The highest BCUT2D eigenvalue weighted by Gasteiger charge is 2.24. The molecule has 1 saturated heterocycles. The molecule has 5 nitrogen and oxygen atoms in total. The van der Waals surface area contributed by atoms with Gasteiger partial charge in [0.2, 0.25) is 5.76 Å². The molecule has 5 heteroatoms. The first-order chi connectivity index (χ1) is 8.20. The number of likely N-dealkylation sites (tertiary alicyclic amines) is 1. The number of aliphatic hydroxyl groups excluding tert-OH is 1. The molecular formula is C12H17NO4. The molecule has 17 heavy (non-hydrogen) atoms. The highest BCUT2D eigenvalue weighted by molar-refractivity contribution is 5.86. The standard InChI is InChI=1S/C12H17NO4/c14-5-2-9-1-4-13(7-9)8-10-3-6-17-11(10)12(15)16/h3,6,9,14H,1-2,4-5,7-8H2,(H,15,16). The van der Waals surface area contributed by atoms with Gasteiger partial charge in [-0.25, -0.2) is 4.79 Å². The minimum atomic E-state index is -1.02. The van der Waals surface area contributed by atoms with Gasteiger partial charge in [0.1, 0.15) is 0 Å². The maximum atomic E-state index is 10.9. The Morgan fingerprint density at radius 3 is 3.12 bits per heavy atom. The van der Waals surface area contributed by atoms with Crippen molar-refractivity contribution in [3.8, 4) is 0 Å². The molecule has 0 spiro atoms. The van der Waals surface area contributed by atoms with Crippen molar-refractivity contribution >= 4 is 5.97 Å². The third-order valence-electron chi connectivity index (χ3n) is 3.24. The summed E-state index contributed by atoms with van der Waals surface area (Å²) in [5.74, 6) is -0.452. The van der Waals surface area contributed by atoms with E-state index in [1.807, 2.05) is 0 Å². The van der Waals surface area contributed by atoms with Crippen LogP contribution >= 0.6 is 0 Å². The van der Waals surface area contributed by atoms with Crippen molar-refractivity contribution in [2.24, 2.45) is 5.92 Å². The van der Waals surface area contributed by atoms with Crippen LogP contribution in [0.25, 0.3) is 0 Å². The van der Waals surface area contributed by atoms with Gasteiger partial charge in [-0.05, 0) is 31.4 Å². The van der Waals surface area contributed by atoms with Crippen molar-refractivity contribution < 1.29 is 19.4 Å². The summed E-state index contributed by atoms with van der Waals surface area (Å²) in [6, 6.07) is 1.71. The molecule has 0 radical (unpaired) electrons. The molecule has 0 aromatic carbocycles. The predicted molar refractivity (Wildman–Crippen MR) is 60.8 cm³/mol. The van der Waals surface area contributed by atoms with E-state index in [1.165, 1.54) is 6.26 Å². The monoisotopic (exact) mass is 239 g/mol. The Kier molecular flexibility index (Phi) is 3.81. The van der Waals surface area contributed by atoms with Gasteiger partial charge in [0.05, 0.1) is 6.26 Å². The molecule has 1 unspecified atom stereocenters. The second-order valence-electron chi connectivity index (χ2n) is 4.48. The Morgan fingerprint density at radius 2 is 2.41 bits per heavy atom. The van der Waals surface area contributed by atoms with Crippen LogP contribution in [0.15, 0.2) is 16.7 Å². The zero-order chi connectivity index (χ0) is 12.3. The number of furan rings is 1. The highest BCUT2D eigenvalue weighted by Crippen LogP contribution is 2.22. The third-order valence-corrected chi connectivity index (χ3v) is 3.24. The Morgan fingerprint density at radius 1 is 1.59 bits per heavy atom. The van der Waals surface area contributed by atoms with Crippen LogP contribution in [0.4, 0.5) is 0 Å². The third kappa shape index (κ3) is 2.87. The molecule has 1 aliphatic rings. The zero-order valence-electron chi connectivity index (χ0n) is 9.63. The number of aliphatic hydroxyl groups is 1. The van der Waals surface area contributed by atoms with Crippen LogP contribution in [-0.4, -0.2) is 40.8 Å². The van der Waals surface area contributed by atoms with Crippen molar-refractivity contribution in [1.82, 2.24) is 4.90 Å². The maximum Gasteiger partial charge on any atom is 0.372 e. The largest absolute Gasteiger partial charge is 0.475 e. The lowest BCUT2D eigenvalue weighted by atomic mass is 10.1. The number of carboxylic acid groups (broad SMARTS) is 1. The zero-order valence-corrected chi connectivity index (χ0v) is 9.63. The van der Waals surface area contributed by atoms with Gasteiger partial charge < -0.3 is 14.6 Å². The van der Waals surface area contributed by atoms with E-state index >= 15 is 0 Å². The SMILES string of the molecule is O=C(O)c1occc1CN1CCC(CCO)C1. The summed E-state index contributed by atoms with van der Waals surface area (Å²) in [7, 11) is 0. The highest BCUT2D eigenvalue weighted by atomic mass is 16.4. The van der Waals surface area contributed by atoms with Gasteiger partial charge in [-0.2, -0.15) is 0 Å². The molecule has 0 aliphatic carbocycles. The van der Waals surface area contributed by atoms with Crippen LogP contribution in [-0.2, 0) is 6.54 Å². The first-order valence-corrected chi connectivity index (χ1v) is 5.83. The first kappa shape index (κ1) is 12.1. The number of hydrogen-bond acceptors (Lipinski definition) is 4. The fraction of sp³-hybridized carbons (Fsp3) is 0.583. The van der Waals surface area contributed by atoms with Gasteiger partial charge in [0, 0.05) is 25.3 Å². The summed E-state index contributed by atoms with van der Waals surface area (Å²) in [5, 5.41) is 17.8. The lowest BCUT2D eigenvalue weighted by Crippen LogP contribution is -2.21. The van der Waals surface area contributed by atoms with Crippen molar-refractivity contribution in [3.05, 3.63) is 23.7 Å². The molecule has 2 N–H and O–H groups in total. The van der Waals surface area contributed by atoms with Crippen LogP contribution in [0.5, 0.6) is 0 Å². The molecular weight excluding hydrogens is 222 g/mol. The Hall–Kier alpha value is -1.33. The summed E-state index contributed by atoms with van der Waals surface area (Å²) >= 11 is 0. The predicted octanol–water partition coefficient (Wildman–Crippen LogP) is 1.18. The molecule has 1 fully saturated rings. The van der Waals surface area contributed by atoms with Crippen LogP contribution < -0.4 is 0 Å². The number of hydrogen-bond donors (Lipinski definition) is 2. The normalized spacial score (nSPS) is 20.9. The van der Waals surface area contributed by atoms with Crippen LogP contribution in [0.3, 0.4) is 0 Å². The molecule has 2 rings (SSSR count). The Bertz CT molecular complexity index is 388. The van der Waals surface area contributed by atoms with Gasteiger partial charge in [-0.1, -0.05) is 0 Å². The van der Waals surface area contributed by atoms with Crippen LogP contribution in [0.1, 0.15) is 29.0 Å². The minimum absolute atomic E-state index is 0.0376. The molecule has 1 atom stereocenters. The maximum absolute atomic E-state index is 10.9. The molecule has 1 aromatic heterocycles.